The first-order chi connectivity index (χ1) is 8.91. The van der Waals surface area contributed by atoms with Crippen LogP contribution in [0.1, 0.15) is 5.56 Å². The Morgan fingerprint density at radius 2 is 2.16 bits per heavy atom. The Labute approximate surface area is 112 Å². The van der Waals surface area contributed by atoms with Gasteiger partial charge in [-0.05, 0) is 31.5 Å². The minimum Gasteiger partial charge on any atom is -0.398 e. The van der Waals surface area contributed by atoms with E-state index in [0.717, 1.165) is 11.3 Å². The maximum Gasteiger partial charge on any atom is 0.111 e. The molecule has 0 radical (unpaired) electrons. The number of benzene rings is 1. The van der Waals surface area contributed by atoms with Gasteiger partial charge in [-0.2, -0.15) is 5.10 Å². The predicted octanol–water partition coefficient (Wildman–Crippen LogP) is 1.85. The molecule has 2 rings (SSSR count). The minimum absolute atomic E-state index is 0.516. The standard InChI is InChI=1S/C13H18N3O2P/c1-18-9-10-7-15-16(8-10)11-4-5-12(14)13(6-11)19(2,3)17/h4-8H,9,14H2,1-3H3. The first kappa shape index (κ1) is 13.8. The van der Waals surface area contributed by atoms with Crippen molar-refractivity contribution in [3.05, 3.63) is 36.2 Å². The molecule has 6 heteroatoms. The summed E-state index contributed by atoms with van der Waals surface area (Å²) in [6.45, 7) is 3.94. The van der Waals surface area contributed by atoms with Crippen LogP contribution in [-0.4, -0.2) is 30.2 Å². The van der Waals surface area contributed by atoms with Gasteiger partial charge in [-0.15, -0.1) is 0 Å². The van der Waals surface area contributed by atoms with Crippen LogP contribution in [0.2, 0.25) is 0 Å². The van der Waals surface area contributed by atoms with Gasteiger partial charge in [0.1, 0.15) is 7.14 Å². The fraction of sp³-hybridized carbons (Fsp3) is 0.308. The highest BCUT2D eigenvalue weighted by Crippen LogP contribution is 2.37. The second kappa shape index (κ2) is 5.19. The summed E-state index contributed by atoms with van der Waals surface area (Å²) in [5.74, 6) is 0. The molecule has 0 bridgehead atoms. The van der Waals surface area contributed by atoms with Gasteiger partial charge in [0.05, 0.1) is 18.5 Å². The first-order valence-corrected chi connectivity index (χ1v) is 8.50. The molecule has 2 N–H and O–H groups in total. The number of methoxy groups -OCH3 is 1. The van der Waals surface area contributed by atoms with E-state index in [-0.39, 0.29) is 0 Å². The predicted molar refractivity (Wildman–Crippen MR) is 77.8 cm³/mol. The molecule has 1 aromatic carbocycles. The number of nitrogens with two attached hydrogens (primary N) is 1. The average Bonchev–Trinajstić information content (AvgIpc) is 2.77. The van der Waals surface area contributed by atoms with Crippen molar-refractivity contribution in [1.29, 1.82) is 0 Å². The molecule has 0 aliphatic heterocycles. The van der Waals surface area contributed by atoms with E-state index in [1.54, 1.807) is 37.4 Å². The fourth-order valence-electron chi connectivity index (χ4n) is 1.88. The van der Waals surface area contributed by atoms with Crippen molar-refractivity contribution in [1.82, 2.24) is 9.78 Å². The summed E-state index contributed by atoms with van der Waals surface area (Å²) in [5, 5.41) is 4.95. The Kier molecular flexibility index (Phi) is 3.78. The highest BCUT2D eigenvalue weighted by Gasteiger charge is 2.16. The van der Waals surface area contributed by atoms with Crippen LogP contribution in [0.3, 0.4) is 0 Å². The normalized spacial score (nSPS) is 11.7. The molecule has 2 aromatic rings. The van der Waals surface area contributed by atoms with Crippen molar-refractivity contribution >= 4 is 18.1 Å². The second-order valence-corrected chi connectivity index (χ2v) is 8.00. The molecule has 102 valence electrons. The SMILES string of the molecule is COCc1cnn(-c2ccc(N)c(P(C)(C)=O)c2)c1. The Hall–Kier alpha value is -1.58. The summed E-state index contributed by atoms with van der Waals surface area (Å²) < 4.78 is 19.0. The molecule has 0 saturated heterocycles. The van der Waals surface area contributed by atoms with Gasteiger partial charge in [-0.1, -0.05) is 0 Å². The largest absolute Gasteiger partial charge is 0.398 e. The Morgan fingerprint density at radius 3 is 2.79 bits per heavy atom. The first-order valence-electron chi connectivity index (χ1n) is 5.90. The molecule has 5 nitrogen and oxygen atoms in total. The number of nitrogens with zero attached hydrogens (tertiary/aromatic N) is 2. The lowest BCUT2D eigenvalue weighted by Crippen LogP contribution is -2.11. The van der Waals surface area contributed by atoms with Gasteiger partial charge in [0.15, 0.2) is 0 Å². The van der Waals surface area contributed by atoms with Crippen LogP contribution in [0.15, 0.2) is 30.6 Å². The molecular formula is C13H18N3O2P. The zero-order valence-electron chi connectivity index (χ0n) is 11.3. The maximum atomic E-state index is 12.2. The molecule has 0 amide bonds. The van der Waals surface area contributed by atoms with Crippen molar-refractivity contribution in [2.45, 2.75) is 6.61 Å². The third-order valence-corrected chi connectivity index (χ3v) is 4.35. The maximum absolute atomic E-state index is 12.2. The third kappa shape index (κ3) is 3.06. The quantitative estimate of drug-likeness (QED) is 0.685. The van der Waals surface area contributed by atoms with Crippen LogP contribution >= 0.6 is 7.14 Å². The molecule has 0 unspecified atom stereocenters. The number of hydrogen-bond acceptors (Lipinski definition) is 4. The zero-order chi connectivity index (χ0) is 14.0. The zero-order valence-corrected chi connectivity index (χ0v) is 12.2. The summed E-state index contributed by atoms with van der Waals surface area (Å²) in [6.07, 6.45) is 3.63. The van der Waals surface area contributed by atoms with E-state index in [1.165, 1.54) is 0 Å². The smallest absolute Gasteiger partial charge is 0.111 e. The Balaban J connectivity index is 2.42. The number of rotatable bonds is 4. The van der Waals surface area contributed by atoms with E-state index in [2.05, 4.69) is 5.10 Å². The molecule has 0 aliphatic rings. The van der Waals surface area contributed by atoms with Crippen molar-refractivity contribution in [2.24, 2.45) is 0 Å². The van der Waals surface area contributed by atoms with Crippen molar-refractivity contribution < 1.29 is 9.30 Å². The van der Waals surface area contributed by atoms with E-state index in [9.17, 15) is 4.57 Å². The number of aromatic nitrogens is 2. The highest BCUT2D eigenvalue weighted by molar-refractivity contribution is 7.70. The summed E-state index contributed by atoms with van der Waals surface area (Å²) in [5.41, 5.74) is 8.27. The molecule has 0 atom stereocenters. The lowest BCUT2D eigenvalue weighted by molar-refractivity contribution is 0.185. The Morgan fingerprint density at radius 1 is 1.42 bits per heavy atom. The van der Waals surface area contributed by atoms with E-state index in [0.29, 0.717) is 17.6 Å². The van der Waals surface area contributed by atoms with Gasteiger partial charge in [-0.25, -0.2) is 4.68 Å². The Bertz CT molecular complexity index is 631. The van der Waals surface area contributed by atoms with E-state index < -0.39 is 7.14 Å². The van der Waals surface area contributed by atoms with Crippen LogP contribution in [0.25, 0.3) is 5.69 Å². The molecule has 0 saturated carbocycles. The van der Waals surface area contributed by atoms with Crippen LogP contribution in [-0.2, 0) is 15.9 Å². The van der Waals surface area contributed by atoms with Crippen LogP contribution in [0, 0.1) is 0 Å². The van der Waals surface area contributed by atoms with Gasteiger partial charge in [0, 0.05) is 29.9 Å². The highest BCUT2D eigenvalue weighted by atomic mass is 31.2. The van der Waals surface area contributed by atoms with Crippen LogP contribution in [0.4, 0.5) is 5.69 Å². The van der Waals surface area contributed by atoms with Gasteiger partial charge in [-0.3, -0.25) is 0 Å². The number of hydrogen-bond donors (Lipinski definition) is 1. The molecule has 1 heterocycles. The van der Waals surface area contributed by atoms with Gasteiger partial charge in [0.2, 0.25) is 0 Å². The molecule has 19 heavy (non-hydrogen) atoms. The average molecular weight is 279 g/mol. The van der Waals surface area contributed by atoms with Crippen molar-refractivity contribution in [2.75, 3.05) is 26.2 Å². The topological polar surface area (TPSA) is 70.1 Å². The molecule has 1 aromatic heterocycles. The summed E-state index contributed by atoms with van der Waals surface area (Å²) >= 11 is 0. The summed E-state index contributed by atoms with van der Waals surface area (Å²) in [7, 11) is -0.758. The summed E-state index contributed by atoms with van der Waals surface area (Å²) in [4.78, 5) is 0. The van der Waals surface area contributed by atoms with Crippen molar-refractivity contribution in [3.8, 4) is 5.69 Å². The molecule has 0 spiro atoms. The van der Waals surface area contributed by atoms with Gasteiger partial charge >= 0.3 is 0 Å². The fourth-order valence-corrected chi connectivity index (χ4v) is 3.02. The molecule has 0 fully saturated rings. The van der Waals surface area contributed by atoms with Crippen LogP contribution in [0.5, 0.6) is 0 Å². The third-order valence-electron chi connectivity index (χ3n) is 2.81. The summed E-state index contributed by atoms with van der Waals surface area (Å²) in [6, 6.07) is 5.46. The van der Waals surface area contributed by atoms with Gasteiger partial charge in [0.25, 0.3) is 0 Å². The lowest BCUT2D eigenvalue weighted by atomic mass is 10.3. The number of nitrogen functional groups attached to an aromatic ring is 1. The van der Waals surface area contributed by atoms with Crippen LogP contribution < -0.4 is 11.0 Å². The lowest BCUT2D eigenvalue weighted by Gasteiger charge is -2.12. The van der Waals surface area contributed by atoms with Gasteiger partial charge < -0.3 is 15.0 Å². The minimum atomic E-state index is -2.40. The second-order valence-electron chi connectivity index (χ2n) is 4.82. The van der Waals surface area contributed by atoms with E-state index >= 15 is 0 Å². The number of anilines is 1. The van der Waals surface area contributed by atoms with Crippen molar-refractivity contribution in [3.63, 3.8) is 0 Å². The van der Waals surface area contributed by atoms with E-state index in [1.807, 2.05) is 18.3 Å². The monoisotopic (exact) mass is 279 g/mol. The number of ether oxygens (including phenoxy) is 1. The van der Waals surface area contributed by atoms with E-state index in [4.69, 9.17) is 10.5 Å². The molecular weight excluding hydrogens is 261 g/mol. The molecule has 0 aliphatic carbocycles.